The third-order valence-electron chi connectivity index (χ3n) is 5.03. The maximum Gasteiger partial charge on any atom is 0.0424 e. The van der Waals surface area contributed by atoms with Gasteiger partial charge < -0.3 is 5.73 Å². The molecule has 0 spiro atoms. The number of nitrogens with zero attached hydrogens (tertiary/aromatic N) is 1. The number of likely N-dealkylation sites (tertiary alicyclic amines) is 1. The molecule has 1 aliphatic carbocycles. The van der Waals surface area contributed by atoms with E-state index in [9.17, 15) is 0 Å². The van der Waals surface area contributed by atoms with Crippen LogP contribution in [0.5, 0.6) is 0 Å². The number of rotatable bonds is 3. The minimum Gasteiger partial charge on any atom is -0.323 e. The van der Waals surface area contributed by atoms with Gasteiger partial charge in [0.1, 0.15) is 0 Å². The topological polar surface area (TPSA) is 29.3 Å². The first-order valence-electron chi connectivity index (χ1n) is 7.80. The molecule has 3 unspecified atom stereocenters. The Morgan fingerprint density at radius 2 is 2.11 bits per heavy atom. The number of benzene rings is 1. The summed E-state index contributed by atoms with van der Waals surface area (Å²) in [5.41, 5.74) is 9.02. The average molecular weight is 258 g/mol. The van der Waals surface area contributed by atoms with Gasteiger partial charge in [0.25, 0.3) is 0 Å². The summed E-state index contributed by atoms with van der Waals surface area (Å²) < 4.78 is 0. The van der Waals surface area contributed by atoms with Crippen molar-refractivity contribution in [1.82, 2.24) is 4.90 Å². The summed E-state index contributed by atoms with van der Waals surface area (Å²) in [5.74, 6) is 0.957. The van der Waals surface area contributed by atoms with Gasteiger partial charge in [-0.05, 0) is 44.2 Å². The summed E-state index contributed by atoms with van der Waals surface area (Å²) in [7, 11) is 0. The summed E-state index contributed by atoms with van der Waals surface area (Å²) in [4.78, 5) is 2.66. The van der Waals surface area contributed by atoms with Crippen LogP contribution < -0.4 is 5.73 Å². The predicted octanol–water partition coefficient (Wildman–Crippen LogP) is 3.26. The van der Waals surface area contributed by atoms with Crippen LogP contribution in [0, 0.1) is 12.8 Å². The molecule has 19 heavy (non-hydrogen) atoms. The van der Waals surface area contributed by atoms with Crippen molar-refractivity contribution in [3.63, 3.8) is 0 Å². The molecule has 1 saturated heterocycles. The summed E-state index contributed by atoms with van der Waals surface area (Å²) in [6, 6.07) is 9.66. The minimum absolute atomic E-state index is 0.167. The van der Waals surface area contributed by atoms with E-state index in [1.807, 2.05) is 0 Å². The van der Waals surface area contributed by atoms with E-state index in [1.54, 1.807) is 0 Å². The van der Waals surface area contributed by atoms with Crippen LogP contribution in [0.15, 0.2) is 24.3 Å². The van der Waals surface area contributed by atoms with Crippen LogP contribution in [0.3, 0.4) is 0 Å². The van der Waals surface area contributed by atoms with Gasteiger partial charge in [-0.25, -0.2) is 0 Å². The van der Waals surface area contributed by atoms with Crippen molar-refractivity contribution < 1.29 is 0 Å². The van der Waals surface area contributed by atoms with Gasteiger partial charge >= 0.3 is 0 Å². The second-order valence-corrected chi connectivity index (χ2v) is 6.42. The molecule has 1 heterocycles. The molecule has 3 atom stereocenters. The van der Waals surface area contributed by atoms with Gasteiger partial charge in [0.15, 0.2) is 0 Å². The maximum absolute atomic E-state index is 6.42. The SMILES string of the molecule is Cc1cccc(C(N)CN2CCC3CCCCC32)c1. The summed E-state index contributed by atoms with van der Waals surface area (Å²) in [5, 5.41) is 0. The highest BCUT2D eigenvalue weighted by molar-refractivity contribution is 5.25. The van der Waals surface area contributed by atoms with E-state index in [2.05, 4.69) is 36.1 Å². The summed E-state index contributed by atoms with van der Waals surface area (Å²) >= 11 is 0. The highest BCUT2D eigenvalue weighted by atomic mass is 15.2. The first-order chi connectivity index (χ1) is 9.24. The first-order valence-corrected chi connectivity index (χ1v) is 7.80. The minimum atomic E-state index is 0.167. The standard InChI is InChI=1S/C17H26N2/c1-13-5-4-7-15(11-13)16(18)12-19-10-9-14-6-2-3-8-17(14)19/h4-5,7,11,14,16-17H,2-3,6,8-10,12,18H2,1H3. The van der Waals surface area contributed by atoms with E-state index < -0.39 is 0 Å². The van der Waals surface area contributed by atoms with Crippen LogP contribution in [0.4, 0.5) is 0 Å². The molecule has 0 aromatic heterocycles. The van der Waals surface area contributed by atoms with Crippen molar-refractivity contribution in [3.8, 4) is 0 Å². The molecule has 2 nitrogen and oxygen atoms in total. The largest absolute Gasteiger partial charge is 0.323 e. The predicted molar refractivity (Wildman–Crippen MR) is 80.0 cm³/mol. The van der Waals surface area contributed by atoms with E-state index in [0.29, 0.717) is 0 Å². The molecule has 0 amide bonds. The zero-order valence-electron chi connectivity index (χ0n) is 12.0. The van der Waals surface area contributed by atoms with Crippen LogP contribution >= 0.6 is 0 Å². The lowest BCUT2D eigenvalue weighted by Crippen LogP contribution is -2.39. The number of fused-ring (bicyclic) bond motifs is 1. The van der Waals surface area contributed by atoms with Crippen molar-refractivity contribution in [2.75, 3.05) is 13.1 Å². The first kappa shape index (κ1) is 13.1. The van der Waals surface area contributed by atoms with Gasteiger partial charge in [0.2, 0.25) is 0 Å². The molecule has 0 radical (unpaired) electrons. The number of nitrogens with two attached hydrogens (primary N) is 1. The maximum atomic E-state index is 6.42. The number of hydrogen-bond acceptors (Lipinski definition) is 2. The van der Waals surface area contributed by atoms with Crippen LogP contribution in [-0.4, -0.2) is 24.0 Å². The Labute approximate surface area is 117 Å². The highest BCUT2D eigenvalue weighted by Gasteiger charge is 2.35. The van der Waals surface area contributed by atoms with E-state index in [4.69, 9.17) is 5.73 Å². The summed E-state index contributed by atoms with van der Waals surface area (Å²) in [6.07, 6.45) is 7.09. The molecule has 3 rings (SSSR count). The third kappa shape index (κ3) is 2.85. The summed E-state index contributed by atoms with van der Waals surface area (Å²) in [6.45, 7) is 4.43. The van der Waals surface area contributed by atoms with Crippen molar-refractivity contribution in [2.45, 2.75) is 51.1 Å². The van der Waals surface area contributed by atoms with Gasteiger partial charge in [0, 0.05) is 18.6 Å². The fraction of sp³-hybridized carbons (Fsp3) is 0.647. The van der Waals surface area contributed by atoms with E-state index in [0.717, 1.165) is 18.5 Å². The van der Waals surface area contributed by atoms with E-state index in [-0.39, 0.29) is 6.04 Å². The second kappa shape index (κ2) is 5.64. The average Bonchev–Trinajstić information content (AvgIpc) is 2.82. The molecule has 1 aliphatic heterocycles. The van der Waals surface area contributed by atoms with Crippen LogP contribution in [-0.2, 0) is 0 Å². The molecular weight excluding hydrogens is 232 g/mol. The van der Waals surface area contributed by atoms with Crippen LogP contribution in [0.25, 0.3) is 0 Å². The van der Waals surface area contributed by atoms with Crippen molar-refractivity contribution in [1.29, 1.82) is 0 Å². The molecule has 1 aromatic carbocycles. The zero-order chi connectivity index (χ0) is 13.2. The Hall–Kier alpha value is -0.860. The second-order valence-electron chi connectivity index (χ2n) is 6.42. The van der Waals surface area contributed by atoms with E-state index >= 15 is 0 Å². The van der Waals surface area contributed by atoms with Crippen molar-refractivity contribution in [2.24, 2.45) is 11.7 Å². The lowest BCUT2D eigenvalue weighted by molar-refractivity contribution is 0.174. The Morgan fingerprint density at radius 3 is 2.95 bits per heavy atom. The van der Waals surface area contributed by atoms with Crippen molar-refractivity contribution >= 4 is 0 Å². The zero-order valence-corrected chi connectivity index (χ0v) is 12.0. The lowest BCUT2D eigenvalue weighted by Gasteiger charge is -2.33. The molecule has 0 bridgehead atoms. The molecule has 104 valence electrons. The normalized spacial score (nSPS) is 29.2. The van der Waals surface area contributed by atoms with Gasteiger partial charge in [0.05, 0.1) is 0 Å². The van der Waals surface area contributed by atoms with Gasteiger partial charge in [-0.2, -0.15) is 0 Å². The fourth-order valence-electron chi connectivity index (χ4n) is 3.99. The van der Waals surface area contributed by atoms with Crippen LogP contribution in [0.1, 0.15) is 49.3 Å². The van der Waals surface area contributed by atoms with Gasteiger partial charge in [-0.15, -0.1) is 0 Å². The quantitative estimate of drug-likeness (QED) is 0.901. The van der Waals surface area contributed by atoms with Crippen LogP contribution in [0.2, 0.25) is 0 Å². The number of hydrogen-bond donors (Lipinski definition) is 1. The van der Waals surface area contributed by atoms with Crippen molar-refractivity contribution in [3.05, 3.63) is 35.4 Å². The highest BCUT2D eigenvalue weighted by Crippen LogP contribution is 2.36. The monoisotopic (exact) mass is 258 g/mol. The molecule has 1 aromatic rings. The van der Waals surface area contributed by atoms with E-state index in [1.165, 1.54) is 49.8 Å². The molecule has 2 N–H and O–H groups in total. The fourth-order valence-corrected chi connectivity index (χ4v) is 3.99. The Morgan fingerprint density at radius 1 is 1.26 bits per heavy atom. The Kier molecular flexibility index (Phi) is 3.90. The molecule has 2 aliphatic rings. The molecule has 2 heteroatoms. The van der Waals surface area contributed by atoms with Gasteiger partial charge in [-0.1, -0.05) is 42.7 Å². The Bertz CT molecular complexity index is 429. The molecule has 1 saturated carbocycles. The third-order valence-corrected chi connectivity index (χ3v) is 5.03. The smallest absolute Gasteiger partial charge is 0.0424 e. The Balaban J connectivity index is 1.65. The molecular formula is C17H26N2. The van der Waals surface area contributed by atoms with Gasteiger partial charge in [-0.3, -0.25) is 4.90 Å². The molecule has 2 fully saturated rings. The number of aryl methyl sites for hydroxylation is 1. The lowest BCUT2D eigenvalue weighted by atomic mass is 9.85.